The van der Waals surface area contributed by atoms with Crippen molar-refractivity contribution in [2.75, 3.05) is 11.4 Å². The molecule has 2 rings (SSSR count). The predicted octanol–water partition coefficient (Wildman–Crippen LogP) is 3.70. The third-order valence-electron chi connectivity index (χ3n) is 3.34. The Hall–Kier alpha value is -1.52. The van der Waals surface area contributed by atoms with Gasteiger partial charge in [-0.05, 0) is 30.2 Å². The van der Waals surface area contributed by atoms with Crippen molar-refractivity contribution in [2.24, 2.45) is 0 Å². The summed E-state index contributed by atoms with van der Waals surface area (Å²) in [6, 6.07) is 14.7. The van der Waals surface area contributed by atoms with Gasteiger partial charge in [0, 0.05) is 12.9 Å². The maximum absolute atomic E-state index is 12.4. The van der Waals surface area contributed by atoms with E-state index in [1.807, 2.05) is 43.3 Å². The zero-order chi connectivity index (χ0) is 15.5. The molecule has 0 spiro atoms. The quantitative estimate of drug-likeness (QED) is 0.787. The van der Waals surface area contributed by atoms with Gasteiger partial charge in [0.2, 0.25) is 10.0 Å². The number of aryl methyl sites for hydroxylation is 1. The Balaban J connectivity index is 2.18. The summed E-state index contributed by atoms with van der Waals surface area (Å²) < 4.78 is 26.2. The largest absolute Gasteiger partial charge is 0.273 e. The van der Waals surface area contributed by atoms with Gasteiger partial charge in [-0.3, -0.25) is 4.31 Å². The van der Waals surface area contributed by atoms with Crippen molar-refractivity contribution in [1.82, 2.24) is 0 Å². The standard InChI is InChI=1S/C16H18ClNO2S/c1-13-3-9-16(10-4-13)18(2)21(19,20)12-15-7-5-14(11-17)6-8-15/h3-10H,11-12H2,1-2H3. The number of anilines is 1. The first-order valence-electron chi connectivity index (χ1n) is 6.59. The average Bonchev–Trinajstić information content (AvgIpc) is 2.48. The van der Waals surface area contributed by atoms with Gasteiger partial charge in [-0.25, -0.2) is 8.42 Å². The fourth-order valence-corrected chi connectivity index (χ4v) is 3.38. The van der Waals surface area contributed by atoms with Gasteiger partial charge in [0.05, 0.1) is 11.4 Å². The fourth-order valence-electron chi connectivity index (χ4n) is 1.95. The van der Waals surface area contributed by atoms with Crippen LogP contribution in [-0.2, 0) is 21.7 Å². The SMILES string of the molecule is Cc1ccc(N(C)S(=O)(=O)Cc2ccc(CCl)cc2)cc1. The van der Waals surface area contributed by atoms with Crippen molar-refractivity contribution in [3.05, 3.63) is 65.2 Å². The second kappa shape index (κ2) is 6.50. The van der Waals surface area contributed by atoms with Crippen molar-refractivity contribution in [3.63, 3.8) is 0 Å². The maximum atomic E-state index is 12.4. The van der Waals surface area contributed by atoms with Crippen LogP contribution >= 0.6 is 11.6 Å². The van der Waals surface area contributed by atoms with Crippen molar-refractivity contribution in [3.8, 4) is 0 Å². The molecule has 0 aliphatic rings. The van der Waals surface area contributed by atoms with Gasteiger partial charge in [0.15, 0.2) is 0 Å². The van der Waals surface area contributed by atoms with Crippen LogP contribution in [-0.4, -0.2) is 15.5 Å². The highest BCUT2D eigenvalue weighted by atomic mass is 35.5. The van der Waals surface area contributed by atoms with Gasteiger partial charge >= 0.3 is 0 Å². The average molecular weight is 324 g/mol. The van der Waals surface area contributed by atoms with Crippen LogP contribution in [0.2, 0.25) is 0 Å². The molecule has 3 nitrogen and oxygen atoms in total. The Bertz CT molecular complexity index is 694. The summed E-state index contributed by atoms with van der Waals surface area (Å²) in [5.41, 5.74) is 3.49. The van der Waals surface area contributed by atoms with Crippen molar-refractivity contribution in [2.45, 2.75) is 18.6 Å². The molecule has 0 aliphatic heterocycles. The number of sulfonamides is 1. The number of benzene rings is 2. The van der Waals surface area contributed by atoms with Crippen LogP contribution in [0.5, 0.6) is 0 Å². The smallest absolute Gasteiger partial charge is 0.239 e. The first-order chi connectivity index (χ1) is 9.92. The zero-order valence-electron chi connectivity index (χ0n) is 12.1. The van der Waals surface area contributed by atoms with E-state index in [9.17, 15) is 8.42 Å². The van der Waals surface area contributed by atoms with Crippen LogP contribution < -0.4 is 4.31 Å². The van der Waals surface area contributed by atoms with E-state index < -0.39 is 10.0 Å². The molecule has 21 heavy (non-hydrogen) atoms. The van der Waals surface area contributed by atoms with Crippen LogP contribution in [0, 0.1) is 6.92 Å². The Kier molecular flexibility index (Phi) is 4.91. The van der Waals surface area contributed by atoms with Crippen molar-refractivity contribution in [1.29, 1.82) is 0 Å². The van der Waals surface area contributed by atoms with E-state index in [0.717, 1.165) is 16.7 Å². The molecule has 0 saturated carbocycles. The van der Waals surface area contributed by atoms with E-state index in [-0.39, 0.29) is 5.75 Å². The maximum Gasteiger partial charge on any atom is 0.239 e. The minimum absolute atomic E-state index is 0.0278. The number of halogens is 1. The minimum atomic E-state index is -3.40. The molecule has 0 bridgehead atoms. The van der Waals surface area contributed by atoms with Gasteiger partial charge in [-0.15, -0.1) is 11.6 Å². The molecular formula is C16H18ClNO2S. The van der Waals surface area contributed by atoms with Gasteiger partial charge in [0.1, 0.15) is 0 Å². The Morgan fingerprint density at radius 3 is 2.00 bits per heavy atom. The van der Waals surface area contributed by atoms with Gasteiger partial charge in [-0.1, -0.05) is 42.0 Å². The highest BCUT2D eigenvalue weighted by Gasteiger charge is 2.18. The molecule has 0 unspecified atom stereocenters. The molecule has 0 aliphatic carbocycles. The highest BCUT2D eigenvalue weighted by Crippen LogP contribution is 2.20. The van der Waals surface area contributed by atoms with E-state index in [0.29, 0.717) is 11.6 Å². The number of nitrogens with zero attached hydrogens (tertiary/aromatic N) is 1. The van der Waals surface area contributed by atoms with Crippen LogP contribution in [0.3, 0.4) is 0 Å². The summed E-state index contributed by atoms with van der Waals surface area (Å²) in [6.07, 6.45) is 0. The summed E-state index contributed by atoms with van der Waals surface area (Å²) in [7, 11) is -1.82. The molecule has 0 radical (unpaired) electrons. The normalized spacial score (nSPS) is 11.4. The topological polar surface area (TPSA) is 37.4 Å². The Labute approximate surface area is 131 Å². The van der Waals surface area contributed by atoms with E-state index >= 15 is 0 Å². The molecule has 0 atom stereocenters. The number of hydrogen-bond donors (Lipinski definition) is 0. The summed E-state index contributed by atoms with van der Waals surface area (Å²) in [5, 5.41) is 0. The lowest BCUT2D eigenvalue weighted by Crippen LogP contribution is -2.27. The molecule has 2 aromatic rings. The van der Waals surface area contributed by atoms with Crippen LogP contribution in [0.25, 0.3) is 0 Å². The highest BCUT2D eigenvalue weighted by molar-refractivity contribution is 7.92. The number of alkyl halides is 1. The summed E-state index contributed by atoms with van der Waals surface area (Å²) in [6.45, 7) is 1.97. The molecule has 2 aromatic carbocycles. The lowest BCUT2D eigenvalue weighted by Gasteiger charge is -2.19. The van der Waals surface area contributed by atoms with E-state index in [1.165, 1.54) is 4.31 Å². The lowest BCUT2D eigenvalue weighted by atomic mass is 10.2. The molecule has 0 saturated heterocycles. The minimum Gasteiger partial charge on any atom is -0.273 e. The molecule has 0 fully saturated rings. The molecule has 0 N–H and O–H groups in total. The fraction of sp³-hybridized carbons (Fsp3) is 0.250. The predicted molar refractivity (Wildman–Crippen MR) is 88.2 cm³/mol. The number of hydrogen-bond acceptors (Lipinski definition) is 2. The molecule has 0 aromatic heterocycles. The summed E-state index contributed by atoms with van der Waals surface area (Å²) in [4.78, 5) is 0. The molecule has 0 heterocycles. The molecule has 0 amide bonds. The third kappa shape index (κ3) is 3.99. The molecular weight excluding hydrogens is 306 g/mol. The van der Waals surface area contributed by atoms with Crippen molar-refractivity contribution < 1.29 is 8.42 Å². The summed E-state index contributed by atoms with van der Waals surface area (Å²) in [5.74, 6) is 0.399. The van der Waals surface area contributed by atoms with Gasteiger partial charge in [-0.2, -0.15) is 0 Å². The van der Waals surface area contributed by atoms with Crippen molar-refractivity contribution >= 4 is 27.3 Å². The number of rotatable bonds is 5. The van der Waals surface area contributed by atoms with Crippen LogP contribution in [0.15, 0.2) is 48.5 Å². The van der Waals surface area contributed by atoms with E-state index in [1.54, 1.807) is 19.2 Å². The first-order valence-corrected chi connectivity index (χ1v) is 8.74. The second-order valence-electron chi connectivity index (χ2n) is 5.01. The first kappa shape index (κ1) is 15.9. The molecule has 112 valence electrons. The Morgan fingerprint density at radius 1 is 0.952 bits per heavy atom. The molecule has 5 heteroatoms. The van der Waals surface area contributed by atoms with Crippen LogP contribution in [0.1, 0.15) is 16.7 Å². The lowest BCUT2D eigenvalue weighted by molar-refractivity contribution is 0.593. The zero-order valence-corrected chi connectivity index (χ0v) is 13.7. The van der Waals surface area contributed by atoms with E-state index in [2.05, 4.69) is 0 Å². The second-order valence-corrected chi connectivity index (χ2v) is 7.28. The van der Waals surface area contributed by atoms with Gasteiger partial charge in [0.25, 0.3) is 0 Å². The van der Waals surface area contributed by atoms with Crippen LogP contribution in [0.4, 0.5) is 5.69 Å². The van der Waals surface area contributed by atoms with Gasteiger partial charge < -0.3 is 0 Å². The summed E-state index contributed by atoms with van der Waals surface area (Å²) >= 11 is 5.73. The Morgan fingerprint density at radius 2 is 1.48 bits per heavy atom. The van der Waals surface area contributed by atoms with E-state index in [4.69, 9.17) is 11.6 Å². The third-order valence-corrected chi connectivity index (χ3v) is 5.39. The monoisotopic (exact) mass is 323 g/mol.